The SMILES string of the molecule is CC/C(=C\C(=O)Nc1cccc(NC(=O)[C@H](C)n2cccn2)c1)c1ccc(C)cc1. The van der Waals surface area contributed by atoms with Crippen molar-refractivity contribution in [2.75, 3.05) is 10.6 Å². The topological polar surface area (TPSA) is 76.0 Å². The third kappa shape index (κ3) is 5.44. The Morgan fingerprint density at radius 3 is 2.40 bits per heavy atom. The lowest BCUT2D eigenvalue weighted by molar-refractivity contribution is -0.119. The number of benzene rings is 2. The van der Waals surface area contributed by atoms with E-state index in [0.717, 1.165) is 17.6 Å². The molecule has 2 amide bonds. The first kappa shape index (κ1) is 21.0. The quantitative estimate of drug-likeness (QED) is 0.556. The van der Waals surface area contributed by atoms with Crippen LogP contribution in [0.25, 0.3) is 5.57 Å². The number of nitrogens with one attached hydrogen (secondary N) is 2. The lowest BCUT2D eigenvalue weighted by Crippen LogP contribution is -2.24. The molecule has 6 nitrogen and oxygen atoms in total. The molecule has 6 heteroatoms. The molecule has 0 radical (unpaired) electrons. The van der Waals surface area contributed by atoms with Gasteiger partial charge in [0.05, 0.1) is 0 Å². The van der Waals surface area contributed by atoms with Gasteiger partial charge < -0.3 is 10.6 Å². The van der Waals surface area contributed by atoms with Crippen molar-refractivity contribution in [3.05, 3.63) is 84.2 Å². The molecule has 0 aliphatic heterocycles. The first-order valence-electron chi connectivity index (χ1n) is 9.95. The minimum absolute atomic E-state index is 0.185. The Morgan fingerprint density at radius 2 is 1.77 bits per heavy atom. The molecule has 3 aromatic rings. The maximum atomic E-state index is 12.5. The van der Waals surface area contributed by atoms with Gasteiger partial charge in [-0.15, -0.1) is 0 Å². The predicted molar refractivity (Wildman–Crippen MR) is 120 cm³/mol. The van der Waals surface area contributed by atoms with Gasteiger partial charge in [0.15, 0.2) is 0 Å². The molecular weight excluding hydrogens is 376 g/mol. The molecule has 0 saturated carbocycles. The van der Waals surface area contributed by atoms with Gasteiger partial charge in [-0.25, -0.2) is 0 Å². The number of rotatable bonds is 7. The molecule has 0 aliphatic rings. The van der Waals surface area contributed by atoms with Crippen LogP contribution in [0, 0.1) is 6.92 Å². The standard InChI is InChI=1S/C24H26N4O2/c1-4-19(20-11-9-17(2)10-12-20)15-23(29)26-21-7-5-8-22(16-21)27-24(30)18(3)28-14-6-13-25-28/h5-16,18H,4H2,1-3H3,(H,26,29)(H,27,30)/b19-15+/t18-/m0/s1. The van der Waals surface area contributed by atoms with E-state index in [1.807, 2.05) is 38.1 Å². The average molecular weight is 402 g/mol. The van der Waals surface area contributed by atoms with Crippen molar-refractivity contribution in [2.45, 2.75) is 33.2 Å². The van der Waals surface area contributed by atoms with E-state index in [2.05, 4.69) is 15.7 Å². The highest BCUT2D eigenvalue weighted by Gasteiger charge is 2.15. The zero-order valence-electron chi connectivity index (χ0n) is 17.4. The first-order valence-corrected chi connectivity index (χ1v) is 9.95. The van der Waals surface area contributed by atoms with E-state index in [4.69, 9.17) is 0 Å². The fraction of sp³-hybridized carbons (Fsp3) is 0.208. The molecule has 0 saturated heterocycles. The molecule has 2 N–H and O–H groups in total. The summed E-state index contributed by atoms with van der Waals surface area (Å²) in [6, 6.07) is 16.5. The minimum atomic E-state index is -0.442. The van der Waals surface area contributed by atoms with Crippen molar-refractivity contribution in [3.63, 3.8) is 0 Å². The van der Waals surface area contributed by atoms with Crippen molar-refractivity contribution in [3.8, 4) is 0 Å². The van der Waals surface area contributed by atoms with Crippen molar-refractivity contribution >= 4 is 28.8 Å². The summed E-state index contributed by atoms with van der Waals surface area (Å²) < 4.78 is 1.59. The normalized spacial score (nSPS) is 12.3. The molecular formula is C24H26N4O2. The monoisotopic (exact) mass is 402 g/mol. The first-order chi connectivity index (χ1) is 14.5. The van der Waals surface area contributed by atoms with Crippen LogP contribution in [-0.2, 0) is 9.59 Å². The second-order valence-corrected chi connectivity index (χ2v) is 7.11. The predicted octanol–water partition coefficient (Wildman–Crippen LogP) is 4.82. The number of hydrogen-bond acceptors (Lipinski definition) is 3. The van der Waals surface area contributed by atoms with Crippen molar-refractivity contribution in [2.24, 2.45) is 0 Å². The number of aryl methyl sites for hydroxylation is 1. The lowest BCUT2D eigenvalue weighted by Gasteiger charge is -2.13. The second-order valence-electron chi connectivity index (χ2n) is 7.11. The largest absolute Gasteiger partial charge is 0.324 e. The lowest BCUT2D eigenvalue weighted by atomic mass is 10.0. The van der Waals surface area contributed by atoms with E-state index in [1.165, 1.54) is 5.56 Å². The molecule has 0 bridgehead atoms. The number of anilines is 2. The number of carbonyl (C=O) groups excluding carboxylic acids is 2. The smallest absolute Gasteiger partial charge is 0.248 e. The zero-order chi connectivity index (χ0) is 21.5. The number of allylic oxidation sites excluding steroid dienone is 1. The van der Waals surface area contributed by atoms with E-state index in [1.54, 1.807) is 60.4 Å². The molecule has 1 atom stereocenters. The molecule has 0 aliphatic carbocycles. The van der Waals surface area contributed by atoms with Crippen LogP contribution in [0.3, 0.4) is 0 Å². The van der Waals surface area contributed by atoms with Gasteiger partial charge in [0, 0.05) is 29.8 Å². The Balaban J connectivity index is 1.67. The Kier molecular flexibility index (Phi) is 6.80. The highest BCUT2D eigenvalue weighted by molar-refractivity contribution is 6.04. The fourth-order valence-electron chi connectivity index (χ4n) is 3.05. The van der Waals surface area contributed by atoms with Gasteiger partial charge in [0.25, 0.3) is 0 Å². The van der Waals surface area contributed by atoms with E-state index in [-0.39, 0.29) is 11.8 Å². The number of amides is 2. The molecule has 1 aromatic heterocycles. The van der Waals surface area contributed by atoms with Gasteiger partial charge in [-0.1, -0.05) is 42.8 Å². The highest BCUT2D eigenvalue weighted by atomic mass is 16.2. The van der Waals surface area contributed by atoms with Crippen LogP contribution in [-0.4, -0.2) is 21.6 Å². The number of nitrogens with zero attached hydrogens (tertiary/aromatic N) is 2. The number of aromatic nitrogens is 2. The summed E-state index contributed by atoms with van der Waals surface area (Å²) in [5, 5.41) is 9.83. The van der Waals surface area contributed by atoms with Crippen LogP contribution in [0.1, 0.15) is 37.4 Å². The third-order valence-electron chi connectivity index (χ3n) is 4.81. The Bertz CT molecular complexity index is 1040. The third-order valence-corrected chi connectivity index (χ3v) is 4.81. The molecule has 0 spiro atoms. The average Bonchev–Trinajstić information content (AvgIpc) is 3.27. The van der Waals surface area contributed by atoms with Crippen molar-refractivity contribution in [1.29, 1.82) is 0 Å². The summed E-state index contributed by atoms with van der Waals surface area (Å²) in [4.78, 5) is 25.0. The minimum Gasteiger partial charge on any atom is -0.324 e. The molecule has 30 heavy (non-hydrogen) atoms. The number of hydrogen-bond donors (Lipinski definition) is 2. The summed E-state index contributed by atoms with van der Waals surface area (Å²) in [6.45, 7) is 5.83. The van der Waals surface area contributed by atoms with Gasteiger partial charge >= 0.3 is 0 Å². The van der Waals surface area contributed by atoms with Crippen molar-refractivity contribution < 1.29 is 9.59 Å². The van der Waals surface area contributed by atoms with Gasteiger partial charge in [-0.05, 0) is 55.7 Å². The van der Waals surface area contributed by atoms with E-state index in [9.17, 15) is 9.59 Å². The van der Waals surface area contributed by atoms with Crippen LogP contribution < -0.4 is 10.6 Å². The van der Waals surface area contributed by atoms with E-state index >= 15 is 0 Å². The summed E-state index contributed by atoms with van der Waals surface area (Å²) in [5.41, 5.74) is 4.39. The summed E-state index contributed by atoms with van der Waals surface area (Å²) >= 11 is 0. The van der Waals surface area contributed by atoms with E-state index in [0.29, 0.717) is 11.4 Å². The maximum Gasteiger partial charge on any atom is 0.248 e. The zero-order valence-corrected chi connectivity index (χ0v) is 17.4. The molecule has 1 heterocycles. The van der Waals surface area contributed by atoms with Gasteiger partial charge in [-0.2, -0.15) is 5.10 Å². The molecule has 2 aromatic carbocycles. The molecule has 0 fully saturated rings. The summed E-state index contributed by atoms with van der Waals surface area (Å²) in [5.74, 6) is -0.393. The van der Waals surface area contributed by atoms with Gasteiger partial charge in [0.2, 0.25) is 11.8 Å². The van der Waals surface area contributed by atoms with E-state index < -0.39 is 6.04 Å². The van der Waals surface area contributed by atoms with Crippen LogP contribution in [0.15, 0.2) is 73.1 Å². The van der Waals surface area contributed by atoms with Gasteiger partial charge in [-0.3, -0.25) is 14.3 Å². The molecule has 0 unspecified atom stereocenters. The Labute approximate surface area is 176 Å². The number of carbonyl (C=O) groups is 2. The van der Waals surface area contributed by atoms with Gasteiger partial charge in [0.1, 0.15) is 6.04 Å². The highest BCUT2D eigenvalue weighted by Crippen LogP contribution is 2.20. The molecule has 154 valence electrons. The van der Waals surface area contributed by atoms with Crippen LogP contribution >= 0.6 is 0 Å². The maximum absolute atomic E-state index is 12.5. The fourth-order valence-corrected chi connectivity index (χ4v) is 3.05. The van der Waals surface area contributed by atoms with Crippen LogP contribution in [0.2, 0.25) is 0 Å². The summed E-state index contributed by atoms with van der Waals surface area (Å²) in [7, 11) is 0. The Hall–Kier alpha value is -3.67. The van der Waals surface area contributed by atoms with Crippen LogP contribution in [0.4, 0.5) is 11.4 Å². The second kappa shape index (κ2) is 9.69. The summed E-state index contributed by atoms with van der Waals surface area (Å²) in [6.07, 6.45) is 5.74. The van der Waals surface area contributed by atoms with Crippen LogP contribution in [0.5, 0.6) is 0 Å². The Morgan fingerprint density at radius 1 is 1.07 bits per heavy atom. The molecule has 3 rings (SSSR count). The van der Waals surface area contributed by atoms with Crippen molar-refractivity contribution in [1.82, 2.24) is 9.78 Å².